The fraction of sp³-hybridized carbons (Fsp3) is 0.667. The first-order chi connectivity index (χ1) is 13.0. The Labute approximate surface area is 159 Å². The Bertz CT molecular complexity index is 675. The summed E-state index contributed by atoms with van der Waals surface area (Å²) in [7, 11) is 0. The Morgan fingerprint density at radius 3 is 2.30 bits per heavy atom. The molecule has 1 aliphatic heterocycles. The molecule has 3 aliphatic rings. The van der Waals surface area contributed by atoms with Crippen LogP contribution < -0.4 is 10.6 Å². The number of nitrogens with one attached hydrogen (secondary N) is 2. The van der Waals surface area contributed by atoms with Gasteiger partial charge in [0, 0.05) is 49.2 Å². The third-order valence-electron chi connectivity index (χ3n) is 6.19. The highest BCUT2D eigenvalue weighted by molar-refractivity contribution is 5.96. The van der Waals surface area contributed by atoms with E-state index in [0.717, 1.165) is 31.2 Å². The molecular weight excluding hydrogens is 350 g/mol. The van der Waals surface area contributed by atoms with E-state index in [1.165, 1.54) is 0 Å². The number of hydrogen-bond acceptors (Lipinski definition) is 3. The van der Waals surface area contributed by atoms with Crippen LogP contribution in [0, 0.1) is 0 Å². The molecule has 0 atom stereocenters. The van der Waals surface area contributed by atoms with Gasteiger partial charge in [-0.25, -0.2) is 8.78 Å². The topological polar surface area (TPSA) is 50.4 Å². The first kappa shape index (κ1) is 18.8. The highest BCUT2D eigenvalue weighted by Gasteiger charge is 2.48. The second-order valence-electron chi connectivity index (χ2n) is 8.26. The van der Waals surface area contributed by atoms with Gasteiger partial charge in [-0.1, -0.05) is 18.2 Å². The highest BCUT2D eigenvalue weighted by atomic mass is 19.3. The van der Waals surface area contributed by atoms with Crippen LogP contribution in [0.4, 0.5) is 8.78 Å². The molecule has 148 valence electrons. The molecule has 4 rings (SSSR count). The fourth-order valence-electron chi connectivity index (χ4n) is 4.40. The molecule has 2 aliphatic carbocycles. The Hall–Kier alpha value is -1.53. The van der Waals surface area contributed by atoms with Crippen molar-refractivity contribution in [2.24, 2.45) is 0 Å². The zero-order chi connectivity index (χ0) is 18.9. The number of carbonyl (C=O) groups excluding carboxylic acids is 1. The number of halogens is 2. The van der Waals surface area contributed by atoms with Crippen LogP contribution in [0.5, 0.6) is 0 Å². The average Bonchev–Trinajstić information content (AvgIpc) is 3.45. The zero-order valence-corrected chi connectivity index (χ0v) is 15.6. The molecule has 6 heteroatoms. The maximum atomic E-state index is 13.5. The monoisotopic (exact) mass is 378 g/mol. The van der Waals surface area contributed by atoms with Crippen molar-refractivity contribution in [3.63, 3.8) is 0 Å². The third-order valence-corrected chi connectivity index (χ3v) is 6.19. The van der Waals surface area contributed by atoms with E-state index in [4.69, 9.17) is 4.74 Å². The quantitative estimate of drug-likeness (QED) is 0.820. The number of benzene rings is 1. The minimum absolute atomic E-state index is 0.0410. The summed E-state index contributed by atoms with van der Waals surface area (Å²) in [6.07, 6.45) is 4.46. The maximum absolute atomic E-state index is 13.5. The second-order valence-corrected chi connectivity index (χ2v) is 8.26. The normalized spacial score (nSPS) is 25.1. The van der Waals surface area contributed by atoms with Crippen molar-refractivity contribution in [1.82, 2.24) is 10.6 Å². The summed E-state index contributed by atoms with van der Waals surface area (Å²) < 4.78 is 32.3. The lowest BCUT2D eigenvalue weighted by Gasteiger charge is -2.33. The zero-order valence-electron chi connectivity index (χ0n) is 15.6. The van der Waals surface area contributed by atoms with Gasteiger partial charge < -0.3 is 15.4 Å². The Kier molecular flexibility index (Phi) is 5.21. The van der Waals surface area contributed by atoms with Crippen LogP contribution in [0.15, 0.2) is 24.3 Å². The number of alkyl halides is 2. The fourth-order valence-corrected chi connectivity index (χ4v) is 4.40. The van der Waals surface area contributed by atoms with Crippen LogP contribution in [0.25, 0.3) is 0 Å². The van der Waals surface area contributed by atoms with Gasteiger partial charge in [0.2, 0.25) is 5.92 Å². The van der Waals surface area contributed by atoms with Gasteiger partial charge in [0.1, 0.15) is 0 Å². The van der Waals surface area contributed by atoms with Gasteiger partial charge in [-0.2, -0.15) is 0 Å². The second kappa shape index (κ2) is 7.47. The van der Waals surface area contributed by atoms with E-state index in [9.17, 15) is 13.6 Å². The van der Waals surface area contributed by atoms with E-state index < -0.39 is 5.92 Å². The van der Waals surface area contributed by atoms with Crippen LogP contribution in [-0.2, 0) is 10.3 Å². The average molecular weight is 378 g/mol. The predicted octanol–water partition coefficient (Wildman–Crippen LogP) is 3.75. The number of amides is 1. The lowest BCUT2D eigenvalue weighted by atomic mass is 9.89. The molecule has 1 aromatic carbocycles. The summed E-state index contributed by atoms with van der Waals surface area (Å²) in [5, 5.41) is 6.77. The van der Waals surface area contributed by atoms with E-state index in [1.807, 2.05) is 24.3 Å². The summed E-state index contributed by atoms with van der Waals surface area (Å²) >= 11 is 0. The van der Waals surface area contributed by atoms with Crippen molar-refractivity contribution in [3.05, 3.63) is 35.4 Å². The molecule has 0 aromatic heterocycles. The van der Waals surface area contributed by atoms with Crippen LogP contribution in [0.1, 0.15) is 67.3 Å². The Morgan fingerprint density at radius 1 is 0.963 bits per heavy atom. The largest absolute Gasteiger partial charge is 0.381 e. The molecule has 1 amide bonds. The third kappa shape index (κ3) is 4.32. The van der Waals surface area contributed by atoms with Crippen LogP contribution in [0.2, 0.25) is 0 Å². The molecule has 27 heavy (non-hydrogen) atoms. The molecule has 1 saturated heterocycles. The molecule has 4 nitrogen and oxygen atoms in total. The first-order valence-electron chi connectivity index (χ1n) is 10.1. The number of rotatable bonds is 5. The molecule has 0 spiro atoms. The predicted molar refractivity (Wildman–Crippen MR) is 99.0 cm³/mol. The van der Waals surface area contributed by atoms with Crippen molar-refractivity contribution in [2.75, 3.05) is 13.2 Å². The summed E-state index contributed by atoms with van der Waals surface area (Å²) in [6.45, 7) is 1.37. The number of carbonyl (C=O) groups is 1. The number of hydrogen-bond donors (Lipinski definition) is 2. The Balaban J connectivity index is 1.46. The Morgan fingerprint density at radius 2 is 1.63 bits per heavy atom. The summed E-state index contributed by atoms with van der Waals surface area (Å²) in [4.78, 5) is 12.9. The molecule has 1 aromatic rings. The van der Waals surface area contributed by atoms with Gasteiger partial charge in [-0.15, -0.1) is 0 Å². The van der Waals surface area contributed by atoms with E-state index in [2.05, 4.69) is 10.6 Å². The van der Waals surface area contributed by atoms with Gasteiger partial charge in [0.05, 0.1) is 0 Å². The van der Waals surface area contributed by atoms with E-state index >= 15 is 0 Å². The molecule has 2 saturated carbocycles. The van der Waals surface area contributed by atoms with E-state index in [-0.39, 0.29) is 36.4 Å². The highest BCUT2D eigenvalue weighted by Crippen LogP contribution is 2.48. The van der Waals surface area contributed by atoms with Gasteiger partial charge in [-0.3, -0.25) is 4.79 Å². The van der Waals surface area contributed by atoms with Gasteiger partial charge in [-0.05, 0) is 50.2 Å². The van der Waals surface area contributed by atoms with E-state index in [1.54, 1.807) is 0 Å². The lowest BCUT2D eigenvalue weighted by Crippen LogP contribution is -2.44. The van der Waals surface area contributed by atoms with Crippen molar-refractivity contribution < 1.29 is 18.3 Å². The lowest BCUT2D eigenvalue weighted by molar-refractivity contribution is -0.0416. The van der Waals surface area contributed by atoms with Crippen molar-refractivity contribution >= 4 is 5.91 Å². The molecular formula is C21H28F2N2O2. The SMILES string of the molecule is O=C(NC1CCOCC1)c1ccccc1C1(NC2CCC(F)(F)CC2)CC1. The van der Waals surface area contributed by atoms with Gasteiger partial charge in [0.15, 0.2) is 0 Å². The standard InChI is InChI=1S/C21H28F2N2O2/c22-21(23)9-5-16(6-10-21)25-20(11-12-20)18-4-2-1-3-17(18)19(26)24-15-7-13-27-14-8-15/h1-4,15-16,25H,5-14H2,(H,24,26). The molecule has 3 fully saturated rings. The van der Waals surface area contributed by atoms with E-state index in [0.29, 0.717) is 31.6 Å². The first-order valence-corrected chi connectivity index (χ1v) is 10.1. The number of ether oxygens (including phenoxy) is 1. The molecule has 1 heterocycles. The molecule has 0 unspecified atom stereocenters. The molecule has 0 radical (unpaired) electrons. The maximum Gasteiger partial charge on any atom is 0.251 e. The van der Waals surface area contributed by atoms with Crippen LogP contribution >= 0.6 is 0 Å². The van der Waals surface area contributed by atoms with Gasteiger partial charge in [0.25, 0.3) is 5.91 Å². The minimum atomic E-state index is -2.52. The van der Waals surface area contributed by atoms with Crippen LogP contribution in [0.3, 0.4) is 0 Å². The summed E-state index contributed by atoms with van der Waals surface area (Å²) in [5.41, 5.74) is 1.47. The molecule has 0 bridgehead atoms. The molecule has 2 N–H and O–H groups in total. The summed E-state index contributed by atoms with van der Waals surface area (Å²) in [5.74, 6) is -2.56. The summed E-state index contributed by atoms with van der Waals surface area (Å²) in [6, 6.07) is 7.98. The van der Waals surface area contributed by atoms with Gasteiger partial charge >= 0.3 is 0 Å². The van der Waals surface area contributed by atoms with Crippen molar-refractivity contribution in [3.8, 4) is 0 Å². The smallest absolute Gasteiger partial charge is 0.251 e. The van der Waals surface area contributed by atoms with Crippen molar-refractivity contribution in [1.29, 1.82) is 0 Å². The van der Waals surface area contributed by atoms with Crippen LogP contribution in [-0.4, -0.2) is 37.1 Å². The minimum Gasteiger partial charge on any atom is -0.381 e. The van der Waals surface area contributed by atoms with Crippen molar-refractivity contribution in [2.45, 2.75) is 74.9 Å².